The number of allylic oxidation sites excluding steroid dienone is 1. The van der Waals surface area contributed by atoms with E-state index in [1.54, 1.807) is 0 Å². The predicted octanol–water partition coefficient (Wildman–Crippen LogP) is 2.12. The summed E-state index contributed by atoms with van der Waals surface area (Å²) in [6.45, 7) is 2.86. The zero-order valence-electron chi connectivity index (χ0n) is 6.06. The Bertz CT molecular complexity index is 119. The molecular weight excluding hydrogens is 157 g/mol. The molecule has 11 heavy (non-hydrogen) atoms. The molecule has 0 spiro atoms. The highest BCUT2D eigenvalue weighted by Gasteiger charge is 2.30. The Morgan fingerprint density at radius 3 is 2.27 bits per heavy atom. The van der Waals surface area contributed by atoms with Crippen molar-refractivity contribution in [2.45, 2.75) is 19.0 Å². The van der Waals surface area contributed by atoms with E-state index in [-0.39, 0.29) is 6.42 Å². The van der Waals surface area contributed by atoms with Gasteiger partial charge in [-0.15, -0.1) is 6.58 Å². The van der Waals surface area contributed by atoms with Crippen molar-refractivity contribution in [1.29, 1.82) is 0 Å². The van der Waals surface area contributed by atoms with Crippen LogP contribution in [0.1, 0.15) is 12.8 Å². The highest BCUT2D eigenvalue weighted by molar-refractivity contribution is 4.74. The normalized spacial score (nSPS) is 14.5. The van der Waals surface area contributed by atoms with Crippen molar-refractivity contribution in [1.82, 2.24) is 0 Å². The van der Waals surface area contributed by atoms with E-state index in [9.17, 15) is 13.2 Å². The van der Waals surface area contributed by atoms with Crippen LogP contribution < -0.4 is 0 Å². The van der Waals surface area contributed by atoms with Crippen LogP contribution in [-0.4, -0.2) is 17.9 Å². The van der Waals surface area contributed by atoms with Gasteiger partial charge in [-0.25, -0.2) is 0 Å². The second kappa shape index (κ2) is 4.38. The summed E-state index contributed by atoms with van der Waals surface area (Å²) in [6.07, 6.45) is -3.53. The lowest BCUT2D eigenvalue weighted by atomic mass is 10.0. The van der Waals surface area contributed by atoms with Gasteiger partial charge in [-0.1, -0.05) is 6.08 Å². The largest absolute Gasteiger partial charge is 0.396 e. The first-order valence-corrected chi connectivity index (χ1v) is 3.28. The second-order valence-corrected chi connectivity index (χ2v) is 2.39. The van der Waals surface area contributed by atoms with Crippen molar-refractivity contribution >= 4 is 0 Å². The van der Waals surface area contributed by atoms with Gasteiger partial charge in [0, 0.05) is 13.0 Å². The molecule has 1 nitrogen and oxygen atoms in total. The Morgan fingerprint density at radius 2 is 2.00 bits per heavy atom. The number of aliphatic hydroxyl groups excluding tert-OH is 1. The van der Waals surface area contributed by atoms with Crippen LogP contribution in [0.4, 0.5) is 13.2 Å². The lowest BCUT2D eigenvalue weighted by Crippen LogP contribution is -2.17. The number of alkyl halides is 3. The van der Waals surface area contributed by atoms with Gasteiger partial charge in [-0.05, 0) is 12.3 Å². The van der Waals surface area contributed by atoms with Gasteiger partial charge in [-0.2, -0.15) is 13.2 Å². The quantitative estimate of drug-likeness (QED) is 0.637. The molecule has 0 fully saturated rings. The van der Waals surface area contributed by atoms with Crippen molar-refractivity contribution in [3.8, 4) is 0 Å². The first kappa shape index (κ1) is 10.5. The summed E-state index contributed by atoms with van der Waals surface area (Å²) < 4.78 is 35.0. The Balaban J connectivity index is 3.77. The molecule has 0 amide bonds. The molecule has 4 heteroatoms. The fourth-order valence-corrected chi connectivity index (χ4v) is 0.785. The third kappa shape index (κ3) is 5.91. The van der Waals surface area contributed by atoms with Crippen molar-refractivity contribution in [2.75, 3.05) is 6.61 Å². The van der Waals surface area contributed by atoms with Gasteiger partial charge >= 0.3 is 6.18 Å². The monoisotopic (exact) mass is 168 g/mol. The minimum Gasteiger partial charge on any atom is -0.396 e. The molecule has 0 heterocycles. The average Bonchev–Trinajstić information content (AvgIpc) is 1.84. The molecule has 0 bridgehead atoms. The zero-order chi connectivity index (χ0) is 8.91. The Morgan fingerprint density at radius 1 is 1.45 bits per heavy atom. The van der Waals surface area contributed by atoms with Crippen LogP contribution in [0.5, 0.6) is 0 Å². The Labute approximate surface area is 63.5 Å². The molecule has 0 aliphatic carbocycles. The molecule has 0 radical (unpaired) electrons. The summed E-state index contributed by atoms with van der Waals surface area (Å²) in [5.74, 6) is -0.729. The first-order valence-electron chi connectivity index (χ1n) is 3.28. The van der Waals surface area contributed by atoms with Crippen molar-refractivity contribution < 1.29 is 18.3 Å². The molecule has 0 aromatic rings. The molecular formula is C7H11F3O. The highest BCUT2D eigenvalue weighted by Crippen LogP contribution is 2.26. The molecule has 0 saturated heterocycles. The van der Waals surface area contributed by atoms with E-state index in [0.717, 1.165) is 0 Å². The van der Waals surface area contributed by atoms with Gasteiger partial charge < -0.3 is 5.11 Å². The first-order chi connectivity index (χ1) is 4.99. The SMILES string of the molecule is C=CC[C@@H](CO)CC(F)(F)F. The van der Waals surface area contributed by atoms with E-state index in [2.05, 4.69) is 6.58 Å². The Hall–Kier alpha value is -0.510. The van der Waals surface area contributed by atoms with Gasteiger partial charge in [0.2, 0.25) is 0 Å². The van der Waals surface area contributed by atoms with Crippen molar-refractivity contribution in [3.63, 3.8) is 0 Å². The van der Waals surface area contributed by atoms with Crippen LogP contribution in [0.25, 0.3) is 0 Å². The van der Waals surface area contributed by atoms with Crippen LogP contribution in [-0.2, 0) is 0 Å². The summed E-state index contributed by atoms with van der Waals surface area (Å²) in [5, 5.41) is 8.47. The van der Waals surface area contributed by atoms with Gasteiger partial charge in [0.15, 0.2) is 0 Å². The number of rotatable bonds is 4. The minimum absolute atomic E-state index is 0.204. The maximum absolute atomic E-state index is 11.7. The minimum atomic E-state index is -4.18. The molecule has 1 atom stereocenters. The van der Waals surface area contributed by atoms with Crippen LogP contribution in [0.2, 0.25) is 0 Å². The number of halogens is 3. The number of hydrogen-bond donors (Lipinski definition) is 1. The Kier molecular flexibility index (Phi) is 4.18. The standard InChI is InChI=1S/C7H11F3O/c1-2-3-6(5-11)4-7(8,9)10/h2,6,11H,1,3-5H2/t6-/m1/s1. The predicted molar refractivity (Wildman–Crippen MR) is 36.1 cm³/mol. The van der Waals surface area contributed by atoms with E-state index in [1.807, 2.05) is 0 Å². The molecule has 0 aromatic heterocycles. The molecule has 0 aliphatic heterocycles. The third-order valence-electron chi connectivity index (χ3n) is 1.28. The summed E-state index contributed by atoms with van der Waals surface area (Å²) in [7, 11) is 0. The lowest BCUT2D eigenvalue weighted by Gasteiger charge is -2.13. The summed E-state index contributed by atoms with van der Waals surface area (Å²) in [6, 6.07) is 0. The van der Waals surface area contributed by atoms with E-state index in [4.69, 9.17) is 5.11 Å². The fourth-order valence-electron chi connectivity index (χ4n) is 0.785. The highest BCUT2D eigenvalue weighted by atomic mass is 19.4. The summed E-state index contributed by atoms with van der Waals surface area (Å²) in [5.41, 5.74) is 0. The maximum Gasteiger partial charge on any atom is 0.389 e. The summed E-state index contributed by atoms with van der Waals surface area (Å²) >= 11 is 0. The third-order valence-corrected chi connectivity index (χ3v) is 1.28. The van der Waals surface area contributed by atoms with Crippen LogP contribution >= 0.6 is 0 Å². The fraction of sp³-hybridized carbons (Fsp3) is 0.714. The molecule has 0 saturated carbocycles. The molecule has 66 valence electrons. The average molecular weight is 168 g/mol. The molecule has 0 aliphatic rings. The van der Waals surface area contributed by atoms with Crippen LogP contribution in [0, 0.1) is 5.92 Å². The zero-order valence-corrected chi connectivity index (χ0v) is 6.06. The molecule has 0 unspecified atom stereocenters. The van der Waals surface area contributed by atoms with Gasteiger partial charge in [-0.3, -0.25) is 0 Å². The van der Waals surface area contributed by atoms with Crippen LogP contribution in [0.15, 0.2) is 12.7 Å². The molecule has 0 aromatic carbocycles. The molecule has 1 N–H and O–H groups in total. The van der Waals surface area contributed by atoms with Crippen molar-refractivity contribution in [2.24, 2.45) is 5.92 Å². The van der Waals surface area contributed by atoms with E-state index < -0.39 is 25.1 Å². The second-order valence-electron chi connectivity index (χ2n) is 2.39. The maximum atomic E-state index is 11.7. The van der Waals surface area contributed by atoms with Gasteiger partial charge in [0.1, 0.15) is 0 Å². The number of aliphatic hydroxyl groups is 1. The lowest BCUT2D eigenvalue weighted by molar-refractivity contribution is -0.147. The van der Waals surface area contributed by atoms with E-state index >= 15 is 0 Å². The van der Waals surface area contributed by atoms with Gasteiger partial charge in [0.25, 0.3) is 0 Å². The topological polar surface area (TPSA) is 20.2 Å². The van der Waals surface area contributed by atoms with E-state index in [1.165, 1.54) is 6.08 Å². The van der Waals surface area contributed by atoms with Crippen molar-refractivity contribution in [3.05, 3.63) is 12.7 Å². The van der Waals surface area contributed by atoms with Gasteiger partial charge in [0.05, 0.1) is 0 Å². The summed E-state index contributed by atoms with van der Waals surface area (Å²) in [4.78, 5) is 0. The molecule has 0 rings (SSSR count). The van der Waals surface area contributed by atoms with E-state index in [0.29, 0.717) is 0 Å². The smallest absolute Gasteiger partial charge is 0.389 e. The van der Waals surface area contributed by atoms with Crippen LogP contribution in [0.3, 0.4) is 0 Å². The number of hydrogen-bond acceptors (Lipinski definition) is 1.